The van der Waals surface area contributed by atoms with Gasteiger partial charge in [-0.25, -0.2) is 0 Å². The van der Waals surface area contributed by atoms with Gasteiger partial charge < -0.3 is 10.1 Å². The van der Waals surface area contributed by atoms with E-state index >= 15 is 0 Å². The first-order valence-corrected chi connectivity index (χ1v) is 7.42. The van der Waals surface area contributed by atoms with Gasteiger partial charge in [-0.3, -0.25) is 4.79 Å². The summed E-state index contributed by atoms with van der Waals surface area (Å²) in [5.41, 5.74) is 0.617. The minimum Gasteiger partial charge on any atom is -0.496 e. The summed E-state index contributed by atoms with van der Waals surface area (Å²) in [6, 6.07) is 5.28. The van der Waals surface area contributed by atoms with Gasteiger partial charge >= 0.3 is 0 Å². The Bertz CT molecular complexity index is 421. The molecule has 0 aliphatic carbocycles. The third kappa shape index (κ3) is 4.28. The highest BCUT2D eigenvalue weighted by Gasteiger charge is 2.12. The van der Waals surface area contributed by atoms with Crippen LogP contribution in [0.15, 0.2) is 22.7 Å². The molecular formula is C13H17Br2NO2. The number of carbonyl (C=O) groups excluding carboxylic acids is 1. The third-order valence-electron chi connectivity index (χ3n) is 2.59. The molecule has 1 N–H and O–H groups in total. The lowest BCUT2D eigenvalue weighted by molar-refractivity contribution is 0.0953. The van der Waals surface area contributed by atoms with Crippen molar-refractivity contribution in [2.24, 2.45) is 5.92 Å². The summed E-state index contributed by atoms with van der Waals surface area (Å²) in [5.74, 6) is 1.11. The number of ether oxygens (including phenoxy) is 1. The Morgan fingerprint density at radius 2 is 2.11 bits per heavy atom. The van der Waals surface area contributed by atoms with Crippen molar-refractivity contribution in [3.8, 4) is 5.75 Å². The van der Waals surface area contributed by atoms with Gasteiger partial charge in [-0.05, 0) is 40.0 Å². The predicted molar refractivity (Wildman–Crippen MR) is 80.6 cm³/mol. The maximum atomic E-state index is 11.9. The first-order valence-electron chi connectivity index (χ1n) is 5.71. The number of hydrogen-bond donors (Lipinski definition) is 1. The highest BCUT2D eigenvalue weighted by molar-refractivity contribution is 9.10. The number of carbonyl (C=O) groups is 1. The van der Waals surface area contributed by atoms with Crippen molar-refractivity contribution in [2.45, 2.75) is 18.7 Å². The minimum absolute atomic E-state index is 0.0801. The molecule has 1 amide bonds. The van der Waals surface area contributed by atoms with Gasteiger partial charge in [0.25, 0.3) is 5.91 Å². The molecule has 0 bridgehead atoms. The Morgan fingerprint density at radius 1 is 1.44 bits per heavy atom. The summed E-state index contributed by atoms with van der Waals surface area (Å²) in [5, 5.41) is 2.90. The Morgan fingerprint density at radius 3 is 2.61 bits per heavy atom. The molecule has 0 fully saturated rings. The standard InChI is InChI=1S/C13H17Br2NO2/c1-8(2)11(15)7-16-13(17)9-4-5-12(18-3)10(14)6-9/h4-6,8,11H,7H2,1-3H3,(H,16,17). The number of rotatable bonds is 5. The van der Waals surface area contributed by atoms with Crippen LogP contribution in [0.1, 0.15) is 24.2 Å². The Labute approximate surface area is 125 Å². The van der Waals surface area contributed by atoms with Crippen LogP contribution in [0.3, 0.4) is 0 Å². The van der Waals surface area contributed by atoms with Gasteiger partial charge in [0.2, 0.25) is 0 Å². The number of benzene rings is 1. The molecule has 0 saturated carbocycles. The number of halogens is 2. The molecule has 100 valence electrons. The second-order valence-electron chi connectivity index (χ2n) is 4.32. The maximum absolute atomic E-state index is 11.9. The summed E-state index contributed by atoms with van der Waals surface area (Å²) in [6.45, 7) is 4.82. The average molecular weight is 379 g/mol. The van der Waals surface area contributed by atoms with Crippen molar-refractivity contribution < 1.29 is 9.53 Å². The van der Waals surface area contributed by atoms with Crippen molar-refractivity contribution in [2.75, 3.05) is 13.7 Å². The van der Waals surface area contributed by atoms with E-state index in [4.69, 9.17) is 4.74 Å². The van der Waals surface area contributed by atoms with Gasteiger partial charge in [0.15, 0.2) is 0 Å². The fourth-order valence-electron chi connectivity index (χ4n) is 1.34. The van der Waals surface area contributed by atoms with Gasteiger partial charge in [0, 0.05) is 16.9 Å². The van der Waals surface area contributed by atoms with E-state index in [2.05, 4.69) is 51.0 Å². The molecule has 1 rings (SSSR count). The molecule has 0 aliphatic rings. The number of alkyl halides is 1. The number of hydrogen-bond acceptors (Lipinski definition) is 2. The molecule has 0 radical (unpaired) electrons. The minimum atomic E-state index is -0.0801. The van der Waals surface area contributed by atoms with Crippen LogP contribution in [-0.4, -0.2) is 24.4 Å². The van der Waals surface area contributed by atoms with Crippen LogP contribution in [0.5, 0.6) is 5.75 Å². The Hall–Kier alpha value is -0.550. The van der Waals surface area contributed by atoms with Crippen molar-refractivity contribution in [1.29, 1.82) is 0 Å². The topological polar surface area (TPSA) is 38.3 Å². The quantitative estimate of drug-likeness (QED) is 0.795. The maximum Gasteiger partial charge on any atom is 0.251 e. The van der Waals surface area contributed by atoms with Crippen molar-refractivity contribution in [1.82, 2.24) is 5.32 Å². The molecule has 0 aliphatic heterocycles. The van der Waals surface area contributed by atoms with E-state index in [0.29, 0.717) is 23.8 Å². The molecule has 0 saturated heterocycles. The van der Waals surface area contributed by atoms with Crippen molar-refractivity contribution in [3.05, 3.63) is 28.2 Å². The van der Waals surface area contributed by atoms with Gasteiger partial charge in [0.05, 0.1) is 11.6 Å². The second-order valence-corrected chi connectivity index (χ2v) is 6.35. The third-order valence-corrected chi connectivity index (χ3v) is 4.60. The van der Waals surface area contributed by atoms with E-state index in [-0.39, 0.29) is 10.7 Å². The summed E-state index contributed by atoms with van der Waals surface area (Å²) in [7, 11) is 1.60. The van der Waals surface area contributed by atoms with Crippen LogP contribution in [-0.2, 0) is 0 Å². The van der Waals surface area contributed by atoms with Gasteiger partial charge in [-0.2, -0.15) is 0 Å². The summed E-state index contributed by atoms with van der Waals surface area (Å²) < 4.78 is 5.90. The highest BCUT2D eigenvalue weighted by atomic mass is 79.9. The molecule has 1 aromatic rings. The Balaban J connectivity index is 2.65. The molecule has 1 aromatic carbocycles. The highest BCUT2D eigenvalue weighted by Crippen LogP contribution is 2.25. The van der Waals surface area contributed by atoms with Crippen molar-refractivity contribution >= 4 is 37.8 Å². The average Bonchev–Trinajstić information content (AvgIpc) is 2.35. The smallest absolute Gasteiger partial charge is 0.251 e. The molecule has 0 heterocycles. The van der Waals surface area contributed by atoms with Gasteiger partial charge in [0.1, 0.15) is 5.75 Å². The van der Waals surface area contributed by atoms with E-state index in [1.165, 1.54) is 0 Å². The fourth-order valence-corrected chi connectivity index (χ4v) is 2.04. The lowest BCUT2D eigenvalue weighted by atomic mass is 10.1. The lowest BCUT2D eigenvalue weighted by Crippen LogP contribution is -2.31. The summed E-state index contributed by atoms with van der Waals surface area (Å²) in [4.78, 5) is 12.2. The second kappa shape index (κ2) is 7.14. The molecule has 1 unspecified atom stereocenters. The van der Waals surface area contributed by atoms with E-state index in [9.17, 15) is 4.79 Å². The summed E-state index contributed by atoms with van der Waals surface area (Å²) in [6.07, 6.45) is 0. The van der Waals surface area contributed by atoms with Crippen LogP contribution in [0, 0.1) is 5.92 Å². The number of nitrogens with one attached hydrogen (secondary N) is 1. The molecule has 0 aromatic heterocycles. The zero-order valence-electron chi connectivity index (χ0n) is 10.7. The zero-order valence-corrected chi connectivity index (χ0v) is 13.8. The number of methoxy groups -OCH3 is 1. The molecule has 18 heavy (non-hydrogen) atoms. The van der Waals surface area contributed by atoms with Crippen LogP contribution in [0.2, 0.25) is 0 Å². The largest absolute Gasteiger partial charge is 0.496 e. The summed E-state index contributed by atoms with van der Waals surface area (Å²) >= 11 is 6.90. The monoisotopic (exact) mass is 377 g/mol. The Kier molecular flexibility index (Phi) is 6.15. The zero-order chi connectivity index (χ0) is 13.7. The van der Waals surface area contributed by atoms with Crippen LogP contribution >= 0.6 is 31.9 Å². The molecular weight excluding hydrogens is 362 g/mol. The van der Waals surface area contributed by atoms with Crippen LogP contribution in [0.4, 0.5) is 0 Å². The molecule has 5 heteroatoms. The molecule has 3 nitrogen and oxygen atoms in total. The first-order chi connectivity index (χ1) is 8.45. The van der Waals surface area contributed by atoms with E-state index in [0.717, 1.165) is 4.47 Å². The SMILES string of the molecule is COc1ccc(C(=O)NCC(Br)C(C)C)cc1Br. The normalized spacial score (nSPS) is 12.3. The van der Waals surface area contributed by atoms with Gasteiger partial charge in [-0.1, -0.05) is 29.8 Å². The van der Waals surface area contributed by atoms with Crippen molar-refractivity contribution in [3.63, 3.8) is 0 Å². The van der Waals surface area contributed by atoms with Crippen LogP contribution < -0.4 is 10.1 Å². The fraction of sp³-hybridized carbons (Fsp3) is 0.462. The molecule has 1 atom stereocenters. The molecule has 0 spiro atoms. The van der Waals surface area contributed by atoms with Gasteiger partial charge in [-0.15, -0.1) is 0 Å². The predicted octanol–water partition coefficient (Wildman–Crippen LogP) is 3.61. The lowest BCUT2D eigenvalue weighted by Gasteiger charge is -2.14. The number of amides is 1. The van der Waals surface area contributed by atoms with E-state index in [1.54, 1.807) is 25.3 Å². The first kappa shape index (κ1) is 15.5. The van der Waals surface area contributed by atoms with Crippen LogP contribution in [0.25, 0.3) is 0 Å². The van der Waals surface area contributed by atoms with E-state index < -0.39 is 0 Å². The van der Waals surface area contributed by atoms with E-state index in [1.807, 2.05) is 0 Å².